The fraction of sp³-hybridized carbons (Fsp3) is 0.308. The quantitative estimate of drug-likeness (QED) is 0.162. The summed E-state index contributed by atoms with van der Waals surface area (Å²) in [5.41, 5.74) is 3.31. The van der Waals surface area contributed by atoms with Gasteiger partial charge in [0.05, 0.1) is 31.6 Å². The van der Waals surface area contributed by atoms with Gasteiger partial charge >= 0.3 is 0 Å². The maximum absolute atomic E-state index is 11.1. The first-order chi connectivity index (χ1) is 17.7. The lowest BCUT2D eigenvalue weighted by Crippen LogP contribution is -2.23. The third-order valence-corrected chi connectivity index (χ3v) is 5.98. The van der Waals surface area contributed by atoms with E-state index in [-0.39, 0.29) is 12.4 Å². The van der Waals surface area contributed by atoms with E-state index in [2.05, 4.69) is 10.0 Å². The summed E-state index contributed by atoms with van der Waals surface area (Å²) in [7, 11) is -3.82. The molecule has 3 aromatic rings. The first kappa shape index (κ1) is 28.4. The molecule has 7 N–H and O–H groups in total. The molecule has 200 valence electrons. The van der Waals surface area contributed by atoms with Gasteiger partial charge in [0.2, 0.25) is 0 Å². The molecule has 3 aromatic carbocycles. The van der Waals surface area contributed by atoms with Crippen LogP contribution in [0.3, 0.4) is 0 Å². The summed E-state index contributed by atoms with van der Waals surface area (Å²) in [4.78, 5) is 0. The van der Waals surface area contributed by atoms with E-state index in [4.69, 9.17) is 14.6 Å². The van der Waals surface area contributed by atoms with Crippen LogP contribution in [0.15, 0.2) is 66.7 Å². The number of anilines is 1. The predicted octanol–water partition coefficient (Wildman–Crippen LogP) is 1.96. The molecule has 0 saturated carbocycles. The van der Waals surface area contributed by atoms with Crippen molar-refractivity contribution in [2.24, 2.45) is 5.14 Å². The lowest BCUT2D eigenvalue weighted by molar-refractivity contribution is 0.0889. The van der Waals surface area contributed by atoms with Crippen LogP contribution in [0.25, 0.3) is 0 Å². The average Bonchev–Trinajstić information content (AvgIpc) is 2.86. The SMILES string of the molecule is NS(=O)(=O)Nc1cccc(COCCOc2ccc(CCNC[C@H](O)c3ccc(O)c(CO)c3)cc2)c1. The molecule has 1 atom stereocenters. The van der Waals surface area contributed by atoms with Gasteiger partial charge in [-0.1, -0.05) is 30.3 Å². The second-order valence-electron chi connectivity index (χ2n) is 8.41. The van der Waals surface area contributed by atoms with E-state index in [1.165, 1.54) is 6.07 Å². The molecule has 11 heteroatoms. The van der Waals surface area contributed by atoms with Crippen molar-refractivity contribution in [1.29, 1.82) is 0 Å². The Labute approximate surface area is 216 Å². The minimum absolute atomic E-state index is 0.00894. The Kier molecular flexibility index (Phi) is 10.7. The van der Waals surface area contributed by atoms with Crippen molar-refractivity contribution in [1.82, 2.24) is 5.32 Å². The van der Waals surface area contributed by atoms with Crippen molar-refractivity contribution >= 4 is 15.9 Å². The van der Waals surface area contributed by atoms with E-state index in [1.54, 1.807) is 30.3 Å². The van der Waals surface area contributed by atoms with E-state index >= 15 is 0 Å². The molecule has 0 unspecified atom stereocenters. The van der Waals surface area contributed by atoms with Crippen molar-refractivity contribution in [2.75, 3.05) is 31.0 Å². The molecule has 37 heavy (non-hydrogen) atoms. The van der Waals surface area contributed by atoms with Crippen LogP contribution in [0.4, 0.5) is 5.69 Å². The van der Waals surface area contributed by atoms with E-state index in [1.807, 2.05) is 30.3 Å². The van der Waals surface area contributed by atoms with Gasteiger partial charge in [-0.15, -0.1) is 0 Å². The molecular weight excluding hydrogens is 498 g/mol. The highest BCUT2D eigenvalue weighted by Crippen LogP contribution is 2.22. The minimum atomic E-state index is -3.82. The molecule has 0 radical (unpaired) electrons. The molecule has 0 aromatic heterocycles. The molecule has 0 spiro atoms. The van der Waals surface area contributed by atoms with Crippen LogP contribution in [0, 0.1) is 0 Å². The summed E-state index contributed by atoms with van der Waals surface area (Å²) < 4.78 is 35.8. The van der Waals surface area contributed by atoms with Crippen LogP contribution in [0.2, 0.25) is 0 Å². The summed E-state index contributed by atoms with van der Waals surface area (Å²) >= 11 is 0. The number of aliphatic hydroxyl groups is 2. The lowest BCUT2D eigenvalue weighted by atomic mass is 10.1. The lowest BCUT2D eigenvalue weighted by Gasteiger charge is -2.14. The molecule has 0 aliphatic carbocycles. The zero-order chi connectivity index (χ0) is 26.7. The van der Waals surface area contributed by atoms with E-state index in [0.29, 0.717) is 49.7 Å². The Hall–Kier alpha value is -3.19. The molecule has 0 saturated heterocycles. The molecule has 0 fully saturated rings. The van der Waals surface area contributed by atoms with Crippen molar-refractivity contribution in [3.63, 3.8) is 0 Å². The highest BCUT2D eigenvalue weighted by atomic mass is 32.2. The van der Waals surface area contributed by atoms with Gasteiger partial charge in [0, 0.05) is 12.1 Å². The van der Waals surface area contributed by atoms with Crippen molar-refractivity contribution in [2.45, 2.75) is 25.7 Å². The van der Waals surface area contributed by atoms with Gasteiger partial charge in [0.1, 0.15) is 18.1 Å². The van der Waals surface area contributed by atoms with Crippen LogP contribution >= 0.6 is 0 Å². The number of nitrogens with two attached hydrogens (primary N) is 1. The molecule has 10 nitrogen and oxygen atoms in total. The maximum Gasteiger partial charge on any atom is 0.296 e. The summed E-state index contributed by atoms with van der Waals surface area (Å²) in [6, 6.07) is 19.2. The Morgan fingerprint density at radius 3 is 2.49 bits per heavy atom. The zero-order valence-corrected chi connectivity index (χ0v) is 21.2. The van der Waals surface area contributed by atoms with Crippen LogP contribution in [0.5, 0.6) is 11.5 Å². The van der Waals surface area contributed by atoms with Gasteiger partial charge in [0.15, 0.2) is 0 Å². The number of rotatable bonds is 15. The highest BCUT2D eigenvalue weighted by molar-refractivity contribution is 7.90. The van der Waals surface area contributed by atoms with Gasteiger partial charge in [-0.25, -0.2) is 5.14 Å². The maximum atomic E-state index is 11.1. The van der Waals surface area contributed by atoms with Gasteiger partial charge < -0.3 is 30.1 Å². The van der Waals surface area contributed by atoms with Crippen LogP contribution < -0.4 is 19.9 Å². The number of phenols is 1. The topological polar surface area (TPSA) is 163 Å². The highest BCUT2D eigenvalue weighted by Gasteiger charge is 2.10. The smallest absolute Gasteiger partial charge is 0.296 e. The molecule has 0 bridgehead atoms. The second kappa shape index (κ2) is 13.9. The number of benzene rings is 3. The molecule has 0 heterocycles. The predicted molar refractivity (Wildman–Crippen MR) is 140 cm³/mol. The normalized spacial score (nSPS) is 12.3. The third-order valence-electron chi connectivity index (χ3n) is 5.46. The summed E-state index contributed by atoms with van der Waals surface area (Å²) in [5, 5.41) is 37.4. The standard InChI is InChI=1S/C26H33N3O7S/c27-37(33,34)29-23-3-1-2-20(14-23)18-35-12-13-36-24-7-4-19(5-8-24)10-11-28-16-26(32)21-6-9-25(31)22(15-21)17-30/h1-9,14-15,26,28-32H,10-13,16-18H2,(H2,27,33,34)/t26-/m0/s1. The number of ether oxygens (including phenoxy) is 2. The summed E-state index contributed by atoms with van der Waals surface area (Å²) in [5.74, 6) is 0.733. The largest absolute Gasteiger partial charge is 0.508 e. The Morgan fingerprint density at radius 1 is 0.973 bits per heavy atom. The molecule has 0 aliphatic heterocycles. The van der Waals surface area contributed by atoms with Crippen molar-refractivity contribution < 1.29 is 33.2 Å². The number of aliphatic hydroxyl groups excluding tert-OH is 2. The zero-order valence-electron chi connectivity index (χ0n) is 20.3. The Morgan fingerprint density at radius 2 is 1.76 bits per heavy atom. The minimum Gasteiger partial charge on any atom is -0.508 e. The number of hydrogen-bond acceptors (Lipinski definition) is 8. The summed E-state index contributed by atoms with van der Waals surface area (Å²) in [6.45, 7) is 1.77. The monoisotopic (exact) mass is 531 g/mol. The van der Waals surface area contributed by atoms with Gasteiger partial charge in [0.25, 0.3) is 10.2 Å². The molecule has 0 aliphatic rings. The third kappa shape index (κ3) is 10.00. The summed E-state index contributed by atoms with van der Waals surface area (Å²) in [6.07, 6.45) is 0.0269. The van der Waals surface area contributed by atoms with Crippen LogP contribution in [-0.2, 0) is 34.6 Å². The van der Waals surface area contributed by atoms with Gasteiger partial charge in [-0.3, -0.25) is 4.72 Å². The Balaban J connectivity index is 1.31. The van der Waals surface area contributed by atoms with Crippen molar-refractivity contribution in [3.8, 4) is 11.5 Å². The van der Waals surface area contributed by atoms with Gasteiger partial charge in [-0.05, 0) is 66.1 Å². The van der Waals surface area contributed by atoms with Crippen LogP contribution in [0.1, 0.15) is 28.4 Å². The molecule has 3 rings (SSSR count). The van der Waals surface area contributed by atoms with E-state index < -0.39 is 16.3 Å². The number of hydrogen-bond donors (Lipinski definition) is 6. The van der Waals surface area contributed by atoms with E-state index in [9.17, 15) is 23.7 Å². The average molecular weight is 532 g/mol. The molecule has 0 amide bonds. The van der Waals surface area contributed by atoms with E-state index in [0.717, 1.165) is 23.3 Å². The number of aromatic hydroxyl groups is 1. The van der Waals surface area contributed by atoms with Crippen molar-refractivity contribution in [3.05, 3.63) is 89.0 Å². The van der Waals surface area contributed by atoms with Gasteiger partial charge in [-0.2, -0.15) is 8.42 Å². The molecular formula is C26H33N3O7S. The first-order valence-corrected chi connectivity index (χ1v) is 13.3. The number of nitrogens with one attached hydrogen (secondary N) is 2. The second-order valence-corrected chi connectivity index (χ2v) is 9.70. The first-order valence-electron chi connectivity index (χ1n) is 11.7. The Bertz CT molecular complexity index is 1240. The van der Waals surface area contributed by atoms with Crippen LogP contribution in [-0.4, -0.2) is 50.0 Å². The fourth-order valence-electron chi connectivity index (χ4n) is 3.58. The fourth-order valence-corrected chi connectivity index (χ4v) is 4.03.